The lowest BCUT2D eigenvalue weighted by atomic mass is 10.1. The zero-order valence-corrected chi connectivity index (χ0v) is 11.4. The quantitative estimate of drug-likeness (QED) is 0.910. The fraction of sp³-hybridized carbons (Fsp3) is 0.500. The van der Waals surface area contributed by atoms with E-state index in [1.54, 1.807) is 6.92 Å². The molecule has 1 saturated heterocycles. The summed E-state index contributed by atoms with van der Waals surface area (Å²) in [7, 11) is 0. The van der Waals surface area contributed by atoms with Gasteiger partial charge in [0, 0.05) is 24.7 Å². The van der Waals surface area contributed by atoms with Crippen molar-refractivity contribution >= 4 is 5.91 Å². The van der Waals surface area contributed by atoms with E-state index >= 15 is 0 Å². The SMILES string of the molecule is C[C@H](NC(=O)CN1CCOCC1)c1ccc(F)cc1F. The van der Waals surface area contributed by atoms with Crippen LogP contribution in [0.4, 0.5) is 8.78 Å². The third-order valence-electron chi connectivity index (χ3n) is 3.28. The second-order valence-electron chi connectivity index (χ2n) is 4.84. The number of carbonyl (C=O) groups excluding carboxylic acids is 1. The molecule has 0 bridgehead atoms. The zero-order valence-electron chi connectivity index (χ0n) is 11.4. The van der Waals surface area contributed by atoms with E-state index in [-0.39, 0.29) is 18.0 Å². The molecular formula is C14H18F2N2O2. The van der Waals surface area contributed by atoms with Gasteiger partial charge in [0.2, 0.25) is 5.91 Å². The summed E-state index contributed by atoms with van der Waals surface area (Å²) in [5.74, 6) is -1.45. The fourth-order valence-electron chi connectivity index (χ4n) is 2.18. The molecule has 1 aromatic rings. The van der Waals surface area contributed by atoms with Crippen LogP contribution >= 0.6 is 0 Å². The molecule has 0 aliphatic carbocycles. The van der Waals surface area contributed by atoms with Gasteiger partial charge in [0.1, 0.15) is 11.6 Å². The molecule has 0 spiro atoms. The Hall–Kier alpha value is -1.53. The van der Waals surface area contributed by atoms with Crippen LogP contribution < -0.4 is 5.32 Å². The van der Waals surface area contributed by atoms with Crippen molar-refractivity contribution in [3.05, 3.63) is 35.4 Å². The van der Waals surface area contributed by atoms with Gasteiger partial charge in [0.15, 0.2) is 0 Å². The Morgan fingerprint density at radius 1 is 1.40 bits per heavy atom. The first-order valence-corrected chi connectivity index (χ1v) is 6.60. The van der Waals surface area contributed by atoms with E-state index in [2.05, 4.69) is 5.32 Å². The number of nitrogens with zero attached hydrogens (tertiary/aromatic N) is 1. The van der Waals surface area contributed by atoms with Gasteiger partial charge in [0.05, 0.1) is 25.8 Å². The molecule has 1 amide bonds. The van der Waals surface area contributed by atoms with E-state index < -0.39 is 17.7 Å². The van der Waals surface area contributed by atoms with E-state index in [9.17, 15) is 13.6 Å². The molecule has 4 nitrogen and oxygen atoms in total. The smallest absolute Gasteiger partial charge is 0.234 e. The van der Waals surface area contributed by atoms with Gasteiger partial charge in [-0.15, -0.1) is 0 Å². The van der Waals surface area contributed by atoms with Gasteiger partial charge >= 0.3 is 0 Å². The predicted molar refractivity (Wildman–Crippen MR) is 70.2 cm³/mol. The average Bonchev–Trinajstić information content (AvgIpc) is 2.39. The molecule has 1 aliphatic heterocycles. The van der Waals surface area contributed by atoms with Crippen molar-refractivity contribution in [3.8, 4) is 0 Å². The maximum absolute atomic E-state index is 13.6. The summed E-state index contributed by atoms with van der Waals surface area (Å²) in [6, 6.07) is 2.86. The van der Waals surface area contributed by atoms with Gasteiger partial charge in [-0.1, -0.05) is 6.07 Å². The van der Waals surface area contributed by atoms with Crippen LogP contribution in [0.25, 0.3) is 0 Å². The van der Waals surface area contributed by atoms with Crippen molar-refractivity contribution in [2.24, 2.45) is 0 Å². The molecule has 1 atom stereocenters. The third kappa shape index (κ3) is 3.98. The second-order valence-corrected chi connectivity index (χ2v) is 4.84. The molecule has 20 heavy (non-hydrogen) atoms. The van der Waals surface area contributed by atoms with Crippen molar-refractivity contribution in [2.75, 3.05) is 32.8 Å². The molecule has 1 heterocycles. The number of halogens is 2. The monoisotopic (exact) mass is 284 g/mol. The molecular weight excluding hydrogens is 266 g/mol. The molecule has 1 aliphatic rings. The summed E-state index contributed by atoms with van der Waals surface area (Å²) in [5, 5.41) is 2.72. The number of ether oxygens (including phenoxy) is 1. The number of rotatable bonds is 4. The first-order chi connectivity index (χ1) is 9.56. The lowest BCUT2D eigenvalue weighted by Gasteiger charge is -2.26. The van der Waals surface area contributed by atoms with Crippen molar-refractivity contribution in [1.82, 2.24) is 10.2 Å². The van der Waals surface area contributed by atoms with Crippen LogP contribution in [0.5, 0.6) is 0 Å². The molecule has 110 valence electrons. The summed E-state index contributed by atoms with van der Waals surface area (Å²) in [6.07, 6.45) is 0. The average molecular weight is 284 g/mol. The van der Waals surface area contributed by atoms with Crippen LogP contribution in [0.1, 0.15) is 18.5 Å². The van der Waals surface area contributed by atoms with Gasteiger partial charge < -0.3 is 10.1 Å². The van der Waals surface area contributed by atoms with E-state index in [1.165, 1.54) is 12.1 Å². The van der Waals surface area contributed by atoms with Gasteiger partial charge in [0.25, 0.3) is 0 Å². The van der Waals surface area contributed by atoms with E-state index in [0.717, 1.165) is 6.07 Å². The minimum absolute atomic E-state index is 0.178. The Morgan fingerprint density at radius 3 is 2.75 bits per heavy atom. The fourth-order valence-corrected chi connectivity index (χ4v) is 2.18. The van der Waals surface area contributed by atoms with Crippen LogP contribution in [0, 0.1) is 11.6 Å². The first-order valence-electron chi connectivity index (χ1n) is 6.60. The van der Waals surface area contributed by atoms with Gasteiger partial charge in [-0.05, 0) is 13.0 Å². The number of morpholine rings is 1. The normalized spacial score (nSPS) is 17.8. The highest BCUT2D eigenvalue weighted by atomic mass is 19.1. The van der Waals surface area contributed by atoms with Gasteiger partial charge in [-0.3, -0.25) is 9.69 Å². The Balaban J connectivity index is 1.89. The lowest BCUT2D eigenvalue weighted by molar-refractivity contribution is -0.123. The molecule has 0 radical (unpaired) electrons. The molecule has 1 fully saturated rings. The minimum Gasteiger partial charge on any atom is -0.379 e. The Bertz CT molecular complexity index is 476. The van der Waals surface area contributed by atoms with Crippen molar-refractivity contribution < 1.29 is 18.3 Å². The highest BCUT2D eigenvalue weighted by molar-refractivity contribution is 5.78. The van der Waals surface area contributed by atoms with Gasteiger partial charge in [-0.25, -0.2) is 8.78 Å². The summed E-state index contributed by atoms with van der Waals surface area (Å²) in [5.41, 5.74) is 0.279. The maximum Gasteiger partial charge on any atom is 0.234 e. The standard InChI is InChI=1S/C14H18F2N2O2/c1-10(12-3-2-11(15)8-13(12)16)17-14(19)9-18-4-6-20-7-5-18/h2-3,8,10H,4-7,9H2,1H3,(H,17,19)/t10-/m0/s1. The van der Waals surface area contributed by atoms with E-state index in [4.69, 9.17) is 4.74 Å². The van der Waals surface area contributed by atoms with Crippen LogP contribution in [0.15, 0.2) is 18.2 Å². The number of hydrogen-bond acceptors (Lipinski definition) is 3. The number of hydrogen-bond donors (Lipinski definition) is 1. The molecule has 6 heteroatoms. The Kier molecular flexibility index (Phi) is 5.03. The molecule has 1 aromatic carbocycles. The van der Waals surface area contributed by atoms with Crippen LogP contribution in [-0.4, -0.2) is 43.7 Å². The summed E-state index contributed by atoms with van der Waals surface area (Å²) in [6.45, 7) is 4.61. The maximum atomic E-state index is 13.6. The Morgan fingerprint density at radius 2 is 2.10 bits per heavy atom. The highest BCUT2D eigenvalue weighted by Gasteiger charge is 2.17. The molecule has 0 unspecified atom stereocenters. The lowest BCUT2D eigenvalue weighted by Crippen LogP contribution is -2.43. The summed E-state index contributed by atoms with van der Waals surface area (Å²) in [4.78, 5) is 13.9. The topological polar surface area (TPSA) is 41.6 Å². The number of amides is 1. The second kappa shape index (κ2) is 6.76. The van der Waals surface area contributed by atoms with Crippen LogP contribution in [0.2, 0.25) is 0 Å². The number of benzene rings is 1. The van der Waals surface area contributed by atoms with E-state index in [0.29, 0.717) is 26.3 Å². The zero-order chi connectivity index (χ0) is 14.5. The highest BCUT2D eigenvalue weighted by Crippen LogP contribution is 2.17. The summed E-state index contributed by atoms with van der Waals surface area (Å²) < 4.78 is 31.6. The third-order valence-corrected chi connectivity index (χ3v) is 3.28. The van der Waals surface area contributed by atoms with Crippen LogP contribution in [0.3, 0.4) is 0 Å². The van der Waals surface area contributed by atoms with Gasteiger partial charge in [-0.2, -0.15) is 0 Å². The number of nitrogens with one attached hydrogen (secondary N) is 1. The molecule has 0 aromatic heterocycles. The molecule has 2 rings (SSSR count). The predicted octanol–water partition coefficient (Wildman–Crippen LogP) is 1.47. The van der Waals surface area contributed by atoms with E-state index in [1.807, 2.05) is 4.90 Å². The van der Waals surface area contributed by atoms with Crippen molar-refractivity contribution in [2.45, 2.75) is 13.0 Å². The Labute approximate surface area is 116 Å². The van der Waals surface area contributed by atoms with Crippen molar-refractivity contribution in [3.63, 3.8) is 0 Å². The molecule has 0 saturated carbocycles. The summed E-state index contributed by atoms with van der Waals surface area (Å²) >= 11 is 0. The minimum atomic E-state index is -0.649. The molecule has 1 N–H and O–H groups in total. The number of carbonyl (C=O) groups is 1. The first kappa shape index (κ1) is 14.9. The largest absolute Gasteiger partial charge is 0.379 e. The van der Waals surface area contributed by atoms with Crippen LogP contribution in [-0.2, 0) is 9.53 Å². The van der Waals surface area contributed by atoms with Crippen molar-refractivity contribution in [1.29, 1.82) is 0 Å².